The van der Waals surface area contributed by atoms with Crippen LogP contribution in [0.1, 0.15) is 5.56 Å². The molecule has 0 spiro atoms. The van der Waals surface area contributed by atoms with E-state index in [0.717, 1.165) is 28.4 Å². The van der Waals surface area contributed by atoms with Crippen LogP contribution in [0.5, 0.6) is 5.75 Å². The number of amides is 1. The van der Waals surface area contributed by atoms with Crippen LogP contribution in [0, 0.1) is 0 Å². The first-order chi connectivity index (χ1) is 9.67. The molecule has 2 aromatic rings. The Morgan fingerprint density at radius 3 is 2.85 bits per heavy atom. The summed E-state index contributed by atoms with van der Waals surface area (Å²) < 4.78 is 5.29. The van der Waals surface area contributed by atoms with Crippen LogP contribution < -0.4 is 21.1 Å². The highest BCUT2D eigenvalue weighted by Gasteiger charge is 2.19. The lowest BCUT2D eigenvalue weighted by Gasteiger charge is -2.14. The Bertz CT molecular complexity index is 683. The van der Waals surface area contributed by atoms with E-state index in [1.165, 1.54) is 0 Å². The van der Waals surface area contributed by atoms with Crippen LogP contribution >= 0.6 is 0 Å². The SMILES string of the molecule is COc1ccccc1Nc1cc2c(cc1N)CC(=O)N2. The fourth-order valence-electron chi connectivity index (χ4n) is 2.29. The monoisotopic (exact) mass is 269 g/mol. The van der Waals surface area contributed by atoms with Crippen LogP contribution in [0.25, 0.3) is 0 Å². The molecule has 0 bridgehead atoms. The van der Waals surface area contributed by atoms with Gasteiger partial charge in [-0.1, -0.05) is 12.1 Å². The lowest BCUT2D eigenvalue weighted by Crippen LogP contribution is -2.03. The van der Waals surface area contributed by atoms with Gasteiger partial charge >= 0.3 is 0 Å². The highest BCUT2D eigenvalue weighted by molar-refractivity contribution is 6.01. The van der Waals surface area contributed by atoms with E-state index in [2.05, 4.69) is 10.6 Å². The van der Waals surface area contributed by atoms with Crippen molar-refractivity contribution in [3.05, 3.63) is 42.0 Å². The van der Waals surface area contributed by atoms with Gasteiger partial charge in [-0.15, -0.1) is 0 Å². The standard InChI is InChI=1S/C15H15N3O2/c1-20-14-5-3-2-4-11(14)17-13-8-12-9(6-10(13)16)7-15(19)18-12/h2-6,8,17H,7,16H2,1H3,(H,18,19). The summed E-state index contributed by atoms with van der Waals surface area (Å²) in [6.07, 6.45) is 0.383. The summed E-state index contributed by atoms with van der Waals surface area (Å²) in [7, 11) is 1.62. The fourth-order valence-corrected chi connectivity index (χ4v) is 2.29. The molecular formula is C15H15N3O2. The molecule has 102 valence electrons. The fraction of sp³-hybridized carbons (Fsp3) is 0.133. The predicted octanol–water partition coefficient (Wildman–Crippen LogP) is 2.52. The maximum Gasteiger partial charge on any atom is 0.228 e. The summed E-state index contributed by atoms with van der Waals surface area (Å²) in [4.78, 5) is 11.4. The van der Waals surface area contributed by atoms with E-state index in [0.29, 0.717) is 12.1 Å². The number of para-hydroxylation sites is 2. The lowest BCUT2D eigenvalue weighted by atomic mass is 10.1. The predicted molar refractivity (Wildman–Crippen MR) is 79.5 cm³/mol. The van der Waals surface area contributed by atoms with E-state index in [4.69, 9.17) is 10.5 Å². The number of nitrogen functional groups attached to an aromatic ring is 1. The molecule has 0 fully saturated rings. The largest absolute Gasteiger partial charge is 0.495 e. The zero-order chi connectivity index (χ0) is 14.1. The van der Waals surface area contributed by atoms with Crippen LogP contribution in [-0.2, 0) is 11.2 Å². The minimum Gasteiger partial charge on any atom is -0.495 e. The second-order valence-corrected chi connectivity index (χ2v) is 4.65. The first-order valence-corrected chi connectivity index (χ1v) is 6.29. The maximum atomic E-state index is 11.4. The zero-order valence-corrected chi connectivity index (χ0v) is 11.1. The van der Waals surface area contributed by atoms with Gasteiger partial charge < -0.3 is 21.1 Å². The molecule has 20 heavy (non-hydrogen) atoms. The van der Waals surface area contributed by atoms with Crippen molar-refractivity contribution in [2.24, 2.45) is 0 Å². The molecule has 2 aromatic carbocycles. The third-order valence-corrected chi connectivity index (χ3v) is 3.28. The van der Waals surface area contributed by atoms with Crippen LogP contribution in [-0.4, -0.2) is 13.0 Å². The molecule has 0 aromatic heterocycles. The number of nitrogens with two attached hydrogens (primary N) is 1. The molecular weight excluding hydrogens is 254 g/mol. The molecule has 1 aliphatic heterocycles. The van der Waals surface area contributed by atoms with Crippen molar-refractivity contribution in [3.8, 4) is 5.75 Å². The Kier molecular flexibility index (Phi) is 2.95. The summed E-state index contributed by atoms with van der Waals surface area (Å²) in [6.45, 7) is 0. The van der Waals surface area contributed by atoms with E-state index in [1.807, 2.05) is 36.4 Å². The van der Waals surface area contributed by atoms with Crippen molar-refractivity contribution in [3.63, 3.8) is 0 Å². The Balaban J connectivity index is 1.96. The number of hydrogen-bond donors (Lipinski definition) is 3. The van der Waals surface area contributed by atoms with Gasteiger partial charge in [0.15, 0.2) is 0 Å². The Hall–Kier alpha value is -2.69. The minimum absolute atomic E-state index is 0.00570. The van der Waals surface area contributed by atoms with E-state index in [9.17, 15) is 4.79 Å². The van der Waals surface area contributed by atoms with E-state index in [-0.39, 0.29) is 5.91 Å². The summed E-state index contributed by atoms with van der Waals surface area (Å²) >= 11 is 0. The zero-order valence-electron chi connectivity index (χ0n) is 11.1. The van der Waals surface area contributed by atoms with Gasteiger partial charge in [-0.2, -0.15) is 0 Å². The molecule has 0 saturated carbocycles. The number of nitrogens with one attached hydrogen (secondary N) is 2. The van der Waals surface area contributed by atoms with Crippen molar-refractivity contribution in [2.45, 2.75) is 6.42 Å². The van der Waals surface area contributed by atoms with Crippen molar-refractivity contribution >= 4 is 28.7 Å². The third-order valence-electron chi connectivity index (χ3n) is 3.28. The topological polar surface area (TPSA) is 76.4 Å². The van der Waals surface area contributed by atoms with Gasteiger partial charge in [-0.3, -0.25) is 4.79 Å². The van der Waals surface area contributed by atoms with Gasteiger partial charge in [-0.25, -0.2) is 0 Å². The van der Waals surface area contributed by atoms with Crippen LogP contribution in [0.3, 0.4) is 0 Å². The van der Waals surface area contributed by atoms with Gasteiger partial charge in [0, 0.05) is 5.69 Å². The number of ether oxygens (including phenoxy) is 1. The molecule has 0 unspecified atom stereocenters. The molecule has 1 aliphatic rings. The van der Waals surface area contributed by atoms with Crippen LogP contribution in [0.15, 0.2) is 36.4 Å². The molecule has 4 N–H and O–H groups in total. The Morgan fingerprint density at radius 2 is 2.05 bits per heavy atom. The number of benzene rings is 2. The quantitative estimate of drug-likeness (QED) is 0.748. The first kappa shape index (κ1) is 12.3. The number of anilines is 4. The molecule has 1 heterocycles. The first-order valence-electron chi connectivity index (χ1n) is 6.29. The number of fused-ring (bicyclic) bond motifs is 1. The number of carbonyl (C=O) groups is 1. The van der Waals surface area contributed by atoms with Crippen molar-refractivity contribution in [2.75, 3.05) is 23.5 Å². The third kappa shape index (κ3) is 2.14. The number of methoxy groups -OCH3 is 1. The van der Waals surface area contributed by atoms with Gasteiger partial charge in [0.1, 0.15) is 5.75 Å². The second-order valence-electron chi connectivity index (χ2n) is 4.65. The van der Waals surface area contributed by atoms with Crippen LogP contribution in [0.4, 0.5) is 22.7 Å². The van der Waals surface area contributed by atoms with E-state index in [1.54, 1.807) is 7.11 Å². The normalized spacial score (nSPS) is 12.8. The lowest BCUT2D eigenvalue weighted by molar-refractivity contribution is -0.115. The average molecular weight is 269 g/mol. The number of hydrogen-bond acceptors (Lipinski definition) is 4. The molecule has 0 radical (unpaired) electrons. The molecule has 3 rings (SSSR count). The van der Waals surface area contributed by atoms with Gasteiger partial charge in [0.2, 0.25) is 5.91 Å². The molecule has 5 nitrogen and oxygen atoms in total. The summed E-state index contributed by atoms with van der Waals surface area (Å²) in [6, 6.07) is 11.3. The summed E-state index contributed by atoms with van der Waals surface area (Å²) in [5, 5.41) is 6.05. The summed E-state index contributed by atoms with van der Waals surface area (Å²) in [5.41, 5.74) is 9.95. The number of carbonyl (C=O) groups excluding carboxylic acids is 1. The second kappa shape index (κ2) is 4.77. The van der Waals surface area contributed by atoms with Crippen LogP contribution in [0.2, 0.25) is 0 Å². The Morgan fingerprint density at radius 1 is 1.25 bits per heavy atom. The van der Waals surface area contributed by atoms with E-state index < -0.39 is 0 Å². The van der Waals surface area contributed by atoms with Gasteiger partial charge in [0.05, 0.1) is 30.6 Å². The maximum absolute atomic E-state index is 11.4. The van der Waals surface area contributed by atoms with Gasteiger partial charge in [0.25, 0.3) is 0 Å². The highest BCUT2D eigenvalue weighted by atomic mass is 16.5. The van der Waals surface area contributed by atoms with Crippen molar-refractivity contribution < 1.29 is 9.53 Å². The summed E-state index contributed by atoms with van der Waals surface area (Å²) in [5.74, 6) is 0.727. The van der Waals surface area contributed by atoms with Crippen molar-refractivity contribution in [1.82, 2.24) is 0 Å². The molecule has 0 atom stereocenters. The van der Waals surface area contributed by atoms with Gasteiger partial charge in [-0.05, 0) is 29.8 Å². The van der Waals surface area contributed by atoms with E-state index >= 15 is 0 Å². The average Bonchev–Trinajstić information content (AvgIpc) is 2.79. The smallest absolute Gasteiger partial charge is 0.228 e. The molecule has 1 amide bonds. The molecule has 0 aliphatic carbocycles. The minimum atomic E-state index is -0.00570. The number of rotatable bonds is 3. The molecule has 0 saturated heterocycles. The highest BCUT2D eigenvalue weighted by Crippen LogP contribution is 2.35. The van der Waals surface area contributed by atoms with Crippen molar-refractivity contribution in [1.29, 1.82) is 0 Å². The Labute approximate surface area is 116 Å². The molecule has 5 heteroatoms.